The molecule has 148 valence electrons. The Labute approximate surface area is 174 Å². The van der Waals surface area contributed by atoms with Gasteiger partial charge < -0.3 is 25.8 Å². The van der Waals surface area contributed by atoms with Crippen LogP contribution in [0.3, 0.4) is 0 Å². The predicted molar refractivity (Wildman–Crippen MR) is 117 cm³/mol. The lowest BCUT2D eigenvalue weighted by molar-refractivity contribution is 0.306. The fraction of sp³-hybridized carbons (Fsp3) is 0.136. The minimum Gasteiger partial charge on any atom is -0.495 e. The second kappa shape index (κ2) is 8.03. The van der Waals surface area contributed by atoms with Crippen LogP contribution in [0, 0.1) is 0 Å². The summed E-state index contributed by atoms with van der Waals surface area (Å²) in [4.78, 5) is 6.32. The number of fused-ring (bicyclic) bond motifs is 1. The summed E-state index contributed by atoms with van der Waals surface area (Å²) < 4.78 is 11.1. The van der Waals surface area contributed by atoms with Crippen molar-refractivity contribution in [3.05, 3.63) is 76.8 Å². The molecule has 0 aromatic heterocycles. The fourth-order valence-electron chi connectivity index (χ4n) is 3.20. The Kier molecular flexibility index (Phi) is 5.29. The van der Waals surface area contributed by atoms with E-state index in [2.05, 4.69) is 4.99 Å². The van der Waals surface area contributed by atoms with Gasteiger partial charge in [0, 0.05) is 17.3 Å². The highest BCUT2D eigenvalue weighted by molar-refractivity contribution is 6.32. The topological polar surface area (TPSA) is 86.1 Å². The smallest absolute Gasteiger partial charge is 0.143 e. The van der Waals surface area contributed by atoms with Crippen molar-refractivity contribution in [1.82, 2.24) is 0 Å². The van der Waals surface area contributed by atoms with Crippen LogP contribution in [0.5, 0.6) is 11.5 Å². The molecule has 1 unspecified atom stereocenters. The summed E-state index contributed by atoms with van der Waals surface area (Å²) >= 11 is 6.45. The maximum absolute atomic E-state index is 6.47. The molecule has 3 aromatic carbocycles. The molecule has 1 aliphatic heterocycles. The number of ether oxygens (including phenoxy) is 2. The summed E-state index contributed by atoms with van der Waals surface area (Å²) in [6, 6.07) is 19.0. The van der Waals surface area contributed by atoms with E-state index in [-0.39, 0.29) is 0 Å². The van der Waals surface area contributed by atoms with Gasteiger partial charge >= 0.3 is 0 Å². The number of hydrogen-bond donors (Lipinski definition) is 2. The van der Waals surface area contributed by atoms with E-state index >= 15 is 0 Å². The number of nitrogens with zero attached hydrogens (tertiary/aromatic N) is 2. The largest absolute Gasteiger partial charge is 0.495 e. The van der Waals surface area contributed by atoms with Gasteiger partial charge in [-0.15, -0.1) is 0 Å². The van der Waals surface area contributed by atoms with Crippen LogP contribution in [-0.4, -0.2) is 13.4 Å². The Morgan fingerprint density at radius 2 is 1.86 bits per heavy atom. The molecular weight excluding hydrogens is 388 g/mol. The van der Waals surface area contributed by atoms with Crippen molar-refractivity contribution in [1.29, 1.82) is 0 Å². The fourth-order valence-corrected chi connectivity index (χ4v) is 3.43. The van der Waals surface area contributed by atoms with E-state index in [1.54, 1.807) is 25.6 Å². The first-order chi connectivity index (χ1) is 14.1. The first-order valence-electron chi connectivity index (χ1n) is 9.08. The van der Waals surface area contributed by atoms with Crippen LogP contribution in [0.1, 0.15) is 17.3 Å². The minimum absolute atomic E-state index is 0.444. The summed E-state index contributed by atoms with van der Waals surface area (Å²) in [5.41, 5.74) is 16.4. The van der Waals surface area contributed by atoms with Crippen molar-refractivity contribution in [2.45, 2.75) is 12.8 Å². The van der Waals surface area contributed by atoms with Crippen LogP contribution in [0.25, 0.3) is 0 Å². The third-order valence-corrected chi connectivity index (χ3v) is 5.06. The van der Waals surface area contributed by atoms with E-state index in [9.17, 15) is 0 Å². The summed E-state index contributed by atoms with van der Waals surface area (Å²) in [5, 5.41) is 0.499. The highest BCUT2D eigenvalue weighted by Gasteiger charge is 2.24. The van der Waals surface area contributed by atoms with Crippen LogP contribution >= 0.6 is 11.6 Å². The number of methoxy groups -OCH3 is 1. The Morgan fingerprint density at radius 3 is 2.59 bits per heavy atom. The van der Waals surface area contributed by atoms with Gasteiger partial charge in [0.25, 0.3) is 0 Å². The molecular formula is C22H21ClN4O2. The molecule has 0 amide bonds. The van der Waals surface area contributed by atoms with Crippen molar-refractivity contribution in [2.24, 2.45) is 10.7 Å². The van der Waals surface area contributed by atoms with E-state index < -0.39 is 6.17 Å². The summed E-state index contributed by atoms with van der Waals surface area (Å²) in [6.45, 7) is 0.444. The third-order valence-electron chi connectivity index (χ3n) is 4.77. The molecule has 0 fully saturated rings. The van der Waals surface area contributed by atoms with E-state index in [1.165, 1.54) is 0 Å². The highest BCUT2D eigenvalue weighted by atomic mass is 35.5. The normalized spacial score (nSPS) is 15.1. The van der Waals surface area contributed by atoms with Gasteiger partial charge in [0.2, 0.25) is 0 Å². The Balaban J connectivity index is 1.55. The third kappa shape index (κ3) is 3.85. The molecule has 1 heterocycles. The van der Waals surface area contributed by atoms with Gasteiger partial charge in [-0.25, -0.2) is 4.99 Å². The van der Waals surface area contributed by atoms with Gasteiger partial charge in [-0.05, 0) is 29.8 Å². The van der Waals surface area contributed by atoms with Crippen molar-refractivity contribution in [3.63, 3.8) is 0 Å². The number of anilines is 2. The second-order valence-corrected chi connectivity index (χ2v) is 7.05. The lowest BCUT2D eigenvalue weighted by atomic mass is 10.1. The van der Waals surface area contributed by atoms with Crippen molar-refractivity contribution >= 4 is 35.0 Å². The van der Waals surface area contributed by atoms with Gasteiger partial charge in [0.15, 0.2) is 0 Å². The average molecular weight is 409 g/mol. The SMILES string of the molecule is COc1cc2c(cc1N)C(N)N(c1ccc(OCc3ccccc3)c(Cl)c1)C=N2. The average Bonchev–Trinajstić information content (AvgIpc) is 2.74. The molecule has 0 spiro atoms. The van der Waals surface area contributed by atoms with Crippen LogP contribution in [0.4, 0.5) is 17.1 Å². The number of benzene rings is 3. The quantitative estimate of drug-likeness (QED) is 0.600. The number of nitrogens with two attached hydrogens (primary N) is 2. The lowest BCUT2D eigenvalue weighted by Crippen LogP contribution is -2.35. The molecule has 0 radical (unpaired) electrons. The van der Waals surface area contributed by atoms with Gasteiger partial charge in [0.1, 0.15) is 24.3 Å². The number of halogens is 1. The van der Waals surface area contributed by atoms with Gasteiger partial charge in [-0.2, -0.15) is 0 Å². The molecule has 6 nitrogen and oxygen atoms in total. The molecule has 0 bridgehead atoms. The van der Waals surface area contributed by atoms with Gasteiger partial charge in [-0.3, -0.25) is 0 Å². The highest BCUT2D eigenvalue weighted by Crippen LogP contribution is 2.39. The van der Waals surface area contributed by atoms with Crippen molar-refractivity contribution < 1.29 is 9.47 Å². The van der Waals surface area contributed by atoms with E-state index in [0.29, 0.717) is 28.8 Å². The maximum Gasteiger partial charge on any atom is 0.143 e. The molecule has 1 aliphatic rings. The van der Waals surface area contributed by atoms with Gasteiger partial charge in [-0.1, -0.05) is 41.9 Å². The van der Waals surface area contributed by atoms with Crippen LogP contribution in [0.15, 0.2) is 65.7 Å². The molecule has 0 aliphatic carbocycles. The zero-order valence-corrected chi connectivity index (χ0v) is 16.6. The molecule has 29 heavy (non-hydrogen) atoms. The maximum atomic E-state index is 6.47. The molecule has 0 saturated carbocycles. The number of hydrogen-bond acceptors (Lipinski definition) is 6. The molecule has 0 saturated heterocycles. The van der Waals surface area contributed by atoms with Crippen LogP contribution in [0.2, 0.25) is 5.02 Å². The van der Waals surface area contributed by atoms with E-state index in [0.717, 1.165) is 22.5 Å². The van der Waals surface area contributed by atoms with E-state index in [4.69, 9.17) is 32.5 Å². The number of aliphatic imine (C=N–C) groups is 1. The molecule has 7 heteroatoms. The monoisotopic (exact) mass is 408 g/mol. The Hall–Kier alpha value is -3.22. The summed E-state index contributed by atoms with van der Waals surface area (Å²) in [5.74, 6) is 1.18. The summed E-state index contributed by atoms with van der Waals surface area (Å²) in [6.07, 6.45) is 1.22. The number of nitrogen functional groups attached to an aromatic ring is 1. The van der Waals surface area contributed by atoms with E-state index in [1.807, 2.05) is 53.4 Å². The lowest BCUT2D eigenvalue weighted by Gasteiger charge is -2.31. The molecule has 3 aromatic rings. The van der Waals surface area contributed by atoms with Crippen LogP contribution < -0.4 is 25.8 Å². The van der Waals surface area contributed by atoms with Crippen molar-refractivity contribution in [2.75, 3.05) is 17.7 Å². The first-order valence-corrected chi connectivity index (χ1v) is 9.46. The zero-order chi connectivity index (χ0) is 20.4. The molecule has 4 N–H and O–H groups in total. The Morgan fingerprint density at radius 1 is 1.07 bits per heavy atom. The Bertz CT molecular complexity index is 1060. The second-order valence-electron chi connectivity index (χ2n) is 6.64. The standard InChI is InChI=1S/C22H21ClN4O2/c1-28-21-11-19-16(10-18(21)24)22(25)27(13-26-19)15-7-8-20(17(23)9-15)29-12-14-5-3-2-4-6-14/h2-11,13,22H,12,24-25H2,1H3. The van der Waals surface area contributed by atoms with Gasteiger partial charge in [0.05, 0.1) is 29.8 Å². The summed E-state index contributed by atoms with van der Waals surface area (Å²) in [7, 11) is 1.57. The molecule has 1 atom stereocenters. The minimum atomic E-state index is -0.456. The van der Waals surface area contributed by atoms with Crippen molar-refractivity contribution in [3.8, 4) is 11.5 Å². The molecule has 4 rings (SSSR count). The van der Waals surface area contributed by atoms with Crippen LogP contribution in [-0.2, 0) is 6.61 Å². The predicted octanol–water partition coefficient (Wildman–Crippen LogP) is 4.65. The zero-order valence-electron chi connectivity index (χ0n) is 15.9. The first kappa shape index (κ1) is 19.1. The number of rotatable bonds is 5.